The van der Waals surface area contributed by atoms with Crippen LogP contribution < -0.4 is 10.2 Å². The van der Waals surface area contributed by atoms with Crippen molar-refractivity contribution in [3.63, 3.8) is 0 Å². The van der Waals surface area contributed by atoms with Gasteiger partial charge in [-0.3, -0.25) is 0 Å². The summed E-state index contributed by atoms with van der Waals surface area (Å²) in [5.74, 6) is 0. The second kappa shape index (κ2) is 6.71. The zero-order valence-electron chi connectivity index (χ0n) is 12.5. The molecule has 0 amide bonds. The molecule has 4 heteroatoms. The van der Waals surface area contributed by atoms with E-state index in [-0.39, 0.29) is 0 Å². The summed E-state index contributed by atoms with van der Waals surface area (Å²) < 4.78 is 0. The smallest absolute Gasteiger partial charge is 0.185 e. The van der Waals surface area contributed by atoms with Crippen LogP contribution in [0.1, 0.15) is 51.3 Å². The summed E-state index contributed by atoms with van der Waals surface area (Å²) in [5.41, 5.74) is 0.534. The van der Waals surface area contributed by atoms with Crippen LogP contribution in [0.2, 0.25) is 0 Å². The van der Waals surface area contributed by atoms with Gasteiger partial charge in [0, 0.05) is 37.3 Å². The van der Waals surface area contributed by atoms with Crippen molar-refractivity contribution in [2.75, 3.05) is 24.5 Å². The highest BCUT2D eigenvalue weighted by Gasteiger charge is 2.27. The van der Waals surface area contributed by atoms with E-state index in [0.29, 0.717) is 5.41 Å². The van der Waals surface area contributed by atoms with Crippen molar-refractivity contribution in [3.05, 3.63) is 11.1 Å². The van der Waals surface area contributed by atoms with Crippen LogP contribution in [0.15, 0.2) is 6.20 Å². The molecule has 3 nitrogen and oxygen atoms in total. The summed E-state index contributed by atoms with van der Waals surface area (Å²) in [6.07, 6.45) is 7.61. The largest absolute Gasteiger partial charge is 0.349 e. The molecule has 0 saturated heterocycles. The zero-order valence-corrected chi connectivity index (χ0v) is 13.4. The van der Waals surface area contributed by atoms with E-state index < -0.39 is 0 Å². The maximum Gasteiger partial charge on any atom is 0.185 e. The Kier molecular flexibility index (Phi) is 5.22. The van der Waals surface area contributed by atoms with Gasteiger partial charge in [-0.15, -0.1) is 11.3 Å². The molecule has 0 atom stereocenters. The number of hydrogen-bond acceptors (Lipinski definition) is 4. The summed E-state index contributed by atoms with van der Waals surface area (Å²) in [6, 6.07) is 0. The standard InChI is InChI=1S/C15H27N3S/c1-4-18(5-2)14-17-11-13(19-14)10-16-12-15(3)8-6-7-9-15/h11,16H,4-10,12H2,1-3H3. The number of aromatic nitrogens is 1. The Bertz CT molecular complexity index is 378. The molecule has 2 rings (SSSR count). The van der Waals surface area contributed by atoms with Gasteiger partial charge in [-0.1, -0.05) is 19.8 Å². The molecule has 1 heterocycles. The molecule has 0 radical (unpaired) electrons. The minimum absolute atomic E-state index is 0.534. The van der Waals surface area contributed by atoms with Crippen molar-refractivity contribution < 1.29 is 0 Å². The van der Waals surface area contributed by atoms with E-state index in [9.17, 15) is 0 Å². The normalized spacial score (nSPS) is 17.8. The number of nitrogens with one attached hydrogen (secondary N) is 1. The molecule has 1 aromatic rings. The molecule has 1 fully saturated rings. The quantitative estimate of drug-likeness (QED) is 0.826. The van der Waals surface area contributed by atoms with Crippen LogP contribution in [0, 0.1) is 5.41 Å². The van der Waals surface area contributed by atoms with E-state index in [4.69, 9.17) is 0 Å². The molecule has 108 valence electrons. The predicted octanol–water partition coefficient (Wildman–Crippen LogP) is 3.66. The van der Waals surface area contributed by atoms with Gasteiger partial charge >= 0.3 is 0 Å². The van der Waals surface area contributed by atoms with Gasteiger partial charge in [-0.2, -0.15) is 0 Å². The third-order valence-electron chi connectivity index (χ3n) is 4.24. The second-order valence-electron chi connectivity index (χ2n) is 5.90. The van der Waals surface area contributed by atoms with Gasteiger partial charge in [0.1, 0.15) is 0 Å². The molecule has 1 N–H and O–H groups in total. The Balaban J connectivity index is 1.80. The maximum absolute atomic E-state index is 4.53. The first-order valence-electron chi connectivity index (χ1n) is 7.57. The minimum atomic E-state index is 0.534. The number of thiazole rings is 1. The second-order valence-corrected chi connectivity index (χ2v) is 7.00. The van der Waals surface area contributed by atoms with E-state index in [1.807, 2.05) is 17.5 Å². The maximum atomic E-state index is 4.53. The van der Waals surface area contributed by atoms with E-state index in [1.54, 1.807) is 0 Å². The fourth-order valence-electron chi connectivity index (χ4n) is 2.91. The minimum Gasteiger partial charge on any atom is -0.349 e. The lowest BCUT2D eigenvalue weighted by Crippen LogP contribution is -2.28. The van der Waals surface area contributed by atoms with Gasteiger partial charge in [-0.25, -0.2) is 4.98 Å². The van der Waals surface area contributed by atoms with Gasteiger partial charge < -0.3 is 10.2 Å². The van der Waals surface area contributed by atoms with Gasteiger partial charge in [0.15, 0.2) is 5.13 Å². The molecule has 1 aliphatic carbocycles. The highest BCUT2D eigenvalue weighted by Crippen LogP contribution is 2.36. The highest BCUT2D eigenvalue weighted by molar-refractivity contribution is 7.15. The summed E-state index contributed by atoms with van der Waals surface area (Å²) >= 11 is 1.82. The van der Waals surface area contributed by atoms with Crippen molar-refractivity contribution in [2.24, 2.45) is 5.41 Å². The average molecular weight is 281 g/mol. The lowest BCUT2D eigenvalue weighted by Gasteiger charge is -2.23. The number of rotatable bonds is 7. The first-order chi connectivity index (χ1) is 9.17. The number of nitrogens with zero attached hydrogens (tertiary/aromatic N) is 2. The van der Waals surface area contributed by atoms with Crippen molar-refractivity contribution >= 4 is 16.5 Å². The number of anilines is 1. The Morgan fingerprint density at radius 2 is 2.00 bits per heavy atom. The van der Waals surface area contributed by atoms with Crippen LogP contribution in [-0.4, -0.2) is 24.6 Å². The van der Waals surface area contributed by atoms with Crippen molar-refractivity contribution in [3.8, 4) is 0 Å². The predicted molar refractivity (Wildman–Crippen MR) is 84.0 cm³/mol. The fourth-order valence-corrected chi connectivity index (χ4v) is 3.92. The van der Waals surface area contributed by atoms with Gasteiger partial charge in [0.25, 0.3) is 0 Å². The molecule has 1 saturated carbocycles. The molecular formula is C15H27N3S. The molecular weight excluding hydrogens is 254 g/mol. The Labute approximate surface area is 121 Å². The van der Waals surface area contributed by atoms with Gasteiger partial charge in [0.05, 0.1) is 0 Å². The van der Waals surface area contributed by atoms with E-state index >= 15 is 0 Å². The molecule has 0 aromatic carbocycles. The van der Waals surface area contributed by atoms with Crippen LogP contribution >= 0.6 is 11.3 Å². The number of hydrogen-bond donors (Lipinski definition) is 1. The summed E-state index contributed by atoms with van der Waals surface area (Å²) in [5, 5.41) is 4.79. The summed E-state index contributed by atoms with van der Waals surface area (Å²) in [7, 11) is 0. The fraction of sp³-hybridized carbons (Fsp3) is 0.800. The first kappa shape index (κ1) is 14.8. The van der Waals surface area contributed by atoms with Crippen molar-refractivity contribution in [1.29, 1.82) is 0 Å². The van der Waals surface area contributed by atoms with Crippen LogP contribution in [0.3, 0.4) is 0 Å². The van der Waals surface area contributed by atoms with Crippen LogP contribution in [0.25, 0.3) is 0 Å². The Morgan fingerprint density at radius 3 is 2.63 bits per heavy atom. The third-order valence-corrected chi connectivity index (χ3v) is 5.30. The van der Waals surface area contributed by atoms with E-state index in [1.165, 1.54) is 30.6 Å². The topological polar surface area (TPSA) is 28.2 Å². The third kappa shape index (κ3) is 3.93. The van der Waals surface area contributed by atoms with E-state index in [0.717, 1.165) is 31.3 Å². The highest BCUT2D eigenvalue weighted by atomic mass is 32.1. The van der Waals surface area contributed by atoms with E-state index in [2.05, 4.69) is 36.0 Å². The van der Waals surface area contributed by atoms with Crippen molar-refractivity contribution in [1.82, 2.24) is 10.3 Å². The van der Waals surface area contributed by atoms with Gasteiger partial charge in [-0.05, 0) is 32.1 Å². The molecule has 0 spiro atoms. The molecule has 1 aliphatic rings. The van der Waals surface area contributed by atoms with Crippen LogP contribution in [0.5, 0.6) is 0 Å². The first-order valence-corrected chi connectivity index (χ1v) is 8.39. The van der Waals surface area contributed by atoms with Crippen LogP contribution in [-0.2, 0) is 6.54 Å². The Hall–Kier alpha value is -0.610. The SMILES string of the molecule is CCN(CC)c1ncc(CNCC2(C)CCCC2)s1. The molecule has 1 aromatic heterocycles. The summed E-state index contributed by atoms with van der Waals surface area (Å²) in [6.45, 7) is 11.0. The molecule has 0 bridgehead atoms. The van der Waals surface area contributed by atoms with Crippen LogP contribution in [0.4, 0.5) is 5.13 Å². The monoisotopic (exact) mass is 281 g/mol. The average Bonchev–Trinajstić information content (AvgIpc) is 3.01. The van der Waals surface area contributed by atoms with Gasteiger partial charge in [0.2, 0.25) is 0 Å². The molecule has 19 heavy (non-hydrogen) atoms. The lowest BCUT2D eigenvalue weighted by atomic mass is 9.89. The Morgan fingerprint density at radius 1 is 1.32 bits per heavy atom. The molecule has 0 unspecified atom stereocenters. The molecule has 0 aliphatic heterocycles. The van der Waals surface area contributed by atoms with Crippen molar-refractivity contribution in [2.45, 2.75) is 53.0 Å². The summed E-state index contributed by atoms with van der Waals surface area (Å²) in [4.78, 5) is 8.19. The lowest BCUT2D eigenvalue weighted by molar-refractivity contribution is 0.315. The zero-order chi connectivity index (χ0) is 13.7.